The third-order valence-electron chi connectivity index (χ3n) is 2.37. The maximum Gasteiger partial charge on any atom is 0.240 e. The van der Waals surface area contributed by atoms with Crippen LogP contribution in [0.25, 0.3) is 0 Å². The van der Waals surface area contributed by atoms with Gasteiger partial charge in [0, 0.05) is 15.9 Å². The number of halogens is 1. The van der Waals surface area contributed by atoms with Gasteiger partial charge in [0.2, 0.25) is 10.0 Å². The van der Waals surface area contributed by atoms with E-state index in [0.717, 1.165) is 15.0 Å². The maximum atomic E-state index is 12.0. The van der Waals surface area contributed by atoms with Crippen LogP contribution in [0.2, 0.25) is 0 Å². The van der Waals surface area contributed by atoms with E-state index in [1.54, 1.807) is 29.8 Å². The summed E-state index contributed by atoms with van der Waals surface area (Å²) >= 11 is 4.70. The van der Waals surface area contributed by atoms with E-state index in [2.05, 4.69) is 25.6 Å². The molecule has 0 unspecified atom stereocenters. The van der Waals surface area contributed by atoms with Gasteiger partial charge in [0.15, 0.2) is 0 Å². The lowest BCUT2D eigenvalue weighted by atomic mass is 10.4. The Kier molecular flexibility index (Phi) is 4.16. The lowest BCUT2D eigenvalue weighted by Gasteiger charge is -2.06. The topological polar surface area (TPSA) is 59.1 Å². The lowest BCUT2D eigenvalue weighted by molar-refractivity contribution is 0.581. The highest BCUT2D eigenvalue weighted by molar-refractivity contribution is 9.10. The second-order valence-electron chi connectivity index (χ2n) is 3.64. The molecule has 7 heteroatoms. The predicted octanol–water partition coefficient (Wildman–Crippen LogP) is 2.69. The van der Waals surface area contributed by atoms with Gasteiger partial charge in [0.25, 0.3) is 0 Å². The fourth-order valence-electron chi connectivity index (χ4n) is 1.37. The Morgan fingerprint density at radius 3 is 2.83 bits per heavy atom. The number of aryl methyl sites for hydroxylation is 1. The molecule has 0 saturated heterocycles. The van der Waals surface area contributed by atoms with Gasteiger partial charge >= 0.3 is 0 Å². The first-order chi connectivity index (χ1) is 8.49. The van der Waals surface area contributed by atoms with Gasteiger partial charge in [-0.25, -0.2) is 18.1 Å². The molecule has 0 bridgehead atoms. The molecule has 0 aliphatic carbocycles. The quantitative estimate of drug-likeness (QED) is 0.925. The lowest BCUT2D eigenvalue weighted by Crippen LogP contribution is -2.23. The fraction of sp³-hybridized carbons (Fsp3) is 0.182. The van der Waals surface area contributed by atoms with Crippen molar-refractivity contribution in [2.24, 2.45) is 0 Å². The van der Waals surface area contributed by atoms with Crippen LogP contribution in [0.3, 0.4) is 0 Å². The van der Waals surface area contributed by atoms with Crippen LogP contribution in [-0.4, -0.2) is 13.4 Å². The normalized spacial score (nSPS) is 11.7. The fourth-order valence-corrected chi connectivity index (χ4v) is 3.77. The summed E-state index contributed by atoms with van der Waals surface area (Å²) in [7, 11) is -3.48. The van der Waals surface area contributed by atoms with E-state index >= 15 is 0 Å². The zero-order chi connectivity index (χ0) is 13.2. The van der Waals surface area contributed by atoms with E-state index < -0.39 is 10.0 Å². The number of nitrogens with one attached hydrogen (secondary N) is 1. The molecular weight excluding hydrogens is 336 g/mol. The molecule has 2 aromatic rings. The standard InChI is InChI=1S/C11H11BrN2O2S2/c1-8-11(17-7-13-8)6-14-18(15,16)10-4-2-3-9(12)5-10/h2-5,7,14H,6H2,1H3. The number of aromatic nitrogens is 1. The van der Waals surface area contributed by atoms with Crippen LogP contribution in [0.1, 0.15) is 10.6 Å². The molecule has 4 nitrogen and oxygen atoms in total. The van der Waals surface area contributed by atoms with Gasteiger partial charge in [0.05, 0.1) is 16.1 Å². The third-order valence-corrected chi connectivity index (χ3v) is 5.20. The van der Waals surface area contributed by atoms with Crippen molar-refractivity contribution in [3.8, 4) is 0 Å². The minimum absolute atomic E-state index is 0.249. The van der Waals surface area contributed by atoms with E-state index in [1.807, 2.05) is 6.92 Å². The number of sulfonamides is 1. The monoisotopic (exact) mass is 346 g/mol. The van der Waals surface area contributed by atoms with Crippen molar-refractivity contribution >= 4 is 37.3 Å². The summed E-state index contributed by atoms with van der Waals surface area (Å²) in [5.41, 5.74) is 2.56. The van der Waals surface area contributed by atoms with Crippen molar-refractivity contribution in [1.82, 2.24) is 9.71 Å². The average molecular weight is 347 g/mol. The van der Waals surface area contributed by atoms with Crippen molar-refractivity contribution < 1.29 is 8.42 Å². The molecule has 18 heavy (non-hydrogen) atoms. The number of rotatable bonds is 4. The van der Waals surface area contributed by atoms with Gasteiger partial charge in [-0.05, 0) is 25.1 Å². The highest BCUT2D eigenvalue weighted by atomic mass is 79.9. The molecule has 0 fully saturated rings. The molecule has 0 aliphatic rings. The second-order valence-corrected chi connectivity index (χ2v) is 7.26. The zero-order valence-electron chi connectivity index (χ0n) is 9.55. The molecule has 1 aromatic heterocycles. The first-order valence-corrected chi connectivity index (χ1v) is 8.29. The van der Waals surface area contributed by atoms with Gasteiger partial charge in [0.1, 0.15) is 0 Å². The number of thiazole rings is 1. The van der Waals surface area contributed by atoms with Crippen LogP contribution in [0, 0.1) is 6.92 Å². The van der Waals surface area contributed by atoms with Crippen LogP contribution in [0.15, 0.2) is 39.1 Å². The highest BCUT2D eigenvalue weighted by Gasteiger charge is 2.14. The number of hydrogen-bond acceptors (Lipinski definition) is 4. The van der Waals surface area contributed by atoms with E-state index in [-0.39, 0.29) is 11.4 Å². The van der Waals surface area contributed by atoms with Crippen molar-refractivity contribution in [2.45, 2.75) is 18.4 Å². The summed E-state index contributed by atoms with van der Waals surface area (Å²) in [6, 6.07) is 6.61. The largest absolute Gasteiger partial charge is 0.250 e. The van der Waals surface area contributed by atoms with Gasteiger partial charge < -0.3 is 0 Å². The molecule has 1 aromatic carbocycles. The summed E-state index contributed by atoms with van der Waals surface area (Å²) in [6.07, 6.45) is 0. The molecule has 0 spiro atoms. The van der Waals surface area contributed by atoms with Gasteiger partial charge in [-0.3, -0.25) is 0 Å². The van der Waals surface area contributed by atoms with Crippen LogP contribution >= 0.6 is 27.3 Å². The van der Waals surface area contributed by atoms with Gasteiger partial charge in [-0.1, -0.05) is 22.0 Å². The Bertz CT molecular complexity index is 653. The molecule has 96 valence electrons. The molecule has 0 aliphatic heterocycles. The molecule has 0 amide bonds. The molecule has 2 rings (SSSR count). The summed E-state index contributed by atoms with van der Waals surface area (Å²) in [4.78, 5) is 5.25. The smallest absolute Gasteiger partial charge is 0.240 e. The Morgan fingerprint density at radius 2 is 2.22 bits per heavy atom. The van der Waals surface area contributed by atoms with Gasteiger partial charge in [-0.2, -0.15) is 0 Å². The van der Waals surface area contributed by atoms with Crippen LogP contribution < -0.4 is 4.72 Å². The number of benzene rings is 1. The molecule has 0 radical (unpaired) electrons. The van der Waals surface area contributed by atoms with Crippen molar-refractivity contribution in [2.75, 3.05) is 0 Å². The molecule has 1 heterocycles. The summed E-state index contributed by atoms with van der Waals surface area (Å²) in [5.74, 6) is 0. The van der Waals surface area contributed by atoms with Gasteiger partial charge in [-0.15, -0.1) is 11.3 Å². The minimum atomic E-state index is -3.48. The summed E-state index contributed by atoms with van der Waals surface area (Å²) in [5, 5.41) is 0. The first-order valence-electron chi connectivity index (χ1n) is 5.13. The molecule has 1 N–H and O–H groups in total. The Hall–Kier alpha value is -0.760. The zero-order valence-corrected chi connectivity index (χ0v) is 12.8. The minimum Gasteiger partial charge on any atom is -0.250 e. The average Bonchev–Trinajstić information content (AvgIpc) is 2.72. The summed E-state index contributed by atoms with van der Waals surface area (Å²) in [6.45, 7) is 2.13. The Balaban J connectivity index is 2.16. The number of hydrogen-bond donors (Lipinski definition) is 1. The van der Waals surface area contributed by atoms with Crippen LogP contribution in [0.4, 0.5) is 0 Å². The predicted molar refractivity (Wildman–Crippen MR) is 75.0 cm³/mol. The Labute approximate surface area is 118 Å². The second kappa shape index (κ2) is 5.48. The van der Waals surface area contributed by atoms with Crippen LogP contribution in [0.5, 0.6) is 0 Å². The van der Waals surface area contributed by atoms with E-state index in [0.29, 0.717) is 0 Å². The van der Waals surface area contributed by atoms with E-state index in [9.17, 15) is 8.42 Å². The van der Waals surface area contributed by atoms with Crippen LogP contribution in [-0.2, 0) is 16.6 Å². The number of nitrogens with zero attached hydrogens (tertiary/aromatic N) is 1. The molecular formula is C11H11BrN2O2S2. The Morgan fingerprint density at radius 1 is 1.44 bits per heavy atom. The first kappa shape index (κ1) is 13.7. The molecule has 0 atom stereocenters. The van der Waals surface area contributed by atoms with E-state index in [1.165, 1.54) is 11.3 Å². The van der Waals surface area contributed by atoms with Crippen molar-refractivity contribution in [3.05, 3.63) is 44.8 Å². The van der Waals surface area contributed by atoms with E-state index in [4.69, 9.17) is 0 Å². The molecule has 0 saturated carbocycles. The third kappa shape index (κ3) is 3.17. The van der Waals surface area contributed by atoms with Crippen molar-refractivity contribution in [1.29, 1.82) is 0 Å². The maximum absolute atomic E-state index is 12.0. The summed E-state index contributed by atoms with van der Waals surface area (Å²) < 4.78 is 27.4. The van der Waals surface area contributed by atoms with Crippen molar-refractivity contribution in [3.63, 3.8) is 0 Å². The SMILES string of the molecule is Cc1ncsc1CNS(=O)(=O)c1cccc(Br)c1. The highest BCUT2D eigenvalue weighted by Crippen LogP contribution is 2.17.